The molecule has 1 amide bonds. The Morgan fingerprint density at radius 3 is 2.43 bits per heavy atom. The summed E-state index contributed by atoms with van der Waals surface area (Å²) in [5.41, 5.74) is 3.62. The van der Waals surface area contributed by atoms with E-state index >= 15 is 0 Å². The maximum absolute atomic E-state index is 12.5. The van der Waals surface area contributed by atoms with Gasteiger partial charge in [0.2, 0.25) is 0 Å². The van der Waals surface area contributed by atoms with Gasteiger partial charge in [-0.05, 0) is 43.0 Å². The van der Waals surface area contributed by atoms with Crippen LogP contribution in [0.3, 0.4) is 0 Å². The number of carbonyl (C=O) groups excluding carboxylic acids is 3. The molecule has 0 aliphatic carbocycles. The van der Waals surface area contributed by atoms with E-state index in [-0.39, 0.29) is 5.78 Å². The molecule has 0 saturated heterocycles. The van der Waals surface area contributed by atoms with Crippen LogP contribution in [0, 0.1) is 6.92 Å². The molecule has 2 aromatic carbocycles. The van der Waals surface area contributed by atoms with Gasteiger partial charge in [0.05, 0.1) is 5.69 Å². The van der Waals surface area contributed by atoms with Gasteiger partial charge < -0.3 is 10.1 Å². The quantitative estimate of drug-likeness (QED) is 0.486. The molecule has 5 nitrogen and oxygen atoms in total. The Bertz CT molecular complexity index is 1020. The van der Waals surface area contributed by atoms with E-state index in [0.717, 1.165) is 16.7 Å². The van der Waals surface area contributed by atoms with Crippen molar-refractivity contribution in [3.63, 3.8) is 0 Å². The van der Waals surface area contributed by atoms with Crippen molar-refractivity contribution in [2.75, 3.05) is 11.9 Å². The fourth-order valence-corrected chi connectivity index (χ4v) is 3.52. The van der Waals surface area contributed by atoms with Crippen LogP contribution in [0.25, 0.3) is 11.1 Å². The Balaban J connectivity index is 1.65. The lowest BCUT2D eigenvalue weighted by atomic mass is 10.1. The van der Waals surface area contributed by atoms with Crippen LogP contribution in [-0.2, 0) is 9.53 Å². The van der Waals surface area contributed by atoms with Crippen molar-refractivity contribution in [3.05, 3.63) is 76.0 Å². The van der Waals surface area contributed by atoms with Gasteiger partial charge in [-0.3, -0.25) is 9.59 Å². The molecule has 0 bridgehead atoms. The van der Waals surface area contributed by atoms with Crippen LogP contribution < -0.4 is 5.32 Å². The molecule has 1 heterocycles. The number of hydrogen-bond donors (Lipinski definition) is 1. The van der Waals surface area contributed by atoms with Gasteiger partial charge in [-0.25, -0.2) is 4.79 Å². The summed E-state index contributed by atoms with van der Waals surface area (Å²) >= 11 is 1.27. The predicted molar refractivity (Wildman–Crippen MR) is 110 cm³/mol. The van der Waals surface area contributed by atoms with E-state index in [2.05, 4.69) is 5.32 Å². The van der Waals surface area contributed by atoms with Gasteiger partial charge in [0.1, 0.15) is 4.88 Å². The van der Waals surface area contributed by atoms with Gasteiger partial charge in [0.15, 0.2) is 12.4 Å². The summed E-state index contributed by atoms with van der Waals surface area (Å²) in [5, 5.41) is 4.43. The molecular formula is C22H19NO4S. The molecule has 3 rings (SSSR count). The number of anilines is 1. The Kier molecular flexibility index (Phi) is 6.01. The molecule has 28 heavy (non-hydrogen) atoms. The monoisotopic (exact) mass is 393 g/mol. The largest absolute Gasteiger partial charge is 0.451 e. The van der Waals surface area contributed by atoms with Crippen LogP contribution in [0.4, 0.5) is 5.69 Å². The van der Waals surface area contributed by atoms with Crippen molar-refractivity contribution in [1.29, 1.82) is 0 Å². The maximum atomic E-state index is 12.5. The van der Waals surface area contributed by atoms with Crippen molar-refractivity contribution in [2.45, 2.75) is 13.8 Å². The maximum Gasteiger partial charge on any atom is 0.349 e. The number of nitrogens with one attached hydrogen (secondary N) is 1. The molecule has 6 heteroatoms. The number of ether oxygens (including phenoxy) is 1. The Morgan fingerprint density at radius 1 is 1.00 bits per heavy atom. The fraction of sp³-hybridized carbons (Fsp3) is 0.136. The molecule has 142 valence electrons. The number of aryl methyl sites for hydroxylation is 1. The first-order valence-corrected chi connectivity index (χ1v) is 9.55. The standard InChI is InChI=1S/C22H19NO4S/c1-14-7-9-16(10-8-14)18-11-12-28-21(18)22(26)27-13-20(25)23-19-6-4-3-5-17(19)15(2)24/h3-12H,13H2,1-2H3,(H,23,25). The van der Waals surface area contributed by atoms with E-state index in [1.54, 1.807) is 24.3 Å². The fourth-order valence-electron chi connectivity index (χ4n) is 2.71. The zero-order chi connectivity index (χ0) is 20.1. The van der Waals surface area contributed by atoms with E-state index in [4.69, 9.17) is 4.74 Å². The third-order valence-corrected chi connectivity index (χ3v) is 5.02. The second-order valence-corrected chi connectivity index (χ2v) is 7.17. The summed E-state index contributed by atoms with van der Waals surface area (Å²) in [7, 11) is 0. The molecular weight excluding hydrogens is 374 g/mol. The predicted octanol–water partition coefficient (Wildman–Crippen LogP) is 4.72. The molecule has 1 N–H and O–H groups in total. The van der Waals surface area contributed by atoms with Crippen LogP contribution in [-0.4, -0.2) is 24.3 Å². The highest BCUT2D eigenvalue weighted by molar-refractivity contribution is 7.12. The van der Waals surface area contributed by atoms with Crippen LogP contribution in [0.15, 0.2) is 60.0 Å². The smallest absolute Gasteiger partial charge is 0.349 e. The van der Waals surface area contributed by atoms with Gasteiger partial charge >= 0.3 is 5.97 Å². The van der Waals surface area contributed by atoms with Gasteiger partial charge in [-0.2, -0.15) is 0 Å². The zero-order valence-corrected chi connectivity index (χ0v) is 16.3. The van der Waals surface area contributed by atoms with Gasteiger partial charge in [0, 0.05) is 11.1 Å². The molecule has 0 spiro atoms. The molecule has 0 unspecified atom stereocenters. The Morgan fingerprint density at radius 2 is 1.71 bits per heavy atom. The first-order valence-electron chi connectivity index (χ1n) is 8.67. The minimum atomic E-state index is -0.555. The second-order valence-electron chi connectivity index (χ2n) is 6.26. The number of rotatable bonds is 6. The van der Waals surface area contributed by atoms with Crippen molar-refractivity contribution in [2.24, 2.45) is 0 Å². The van der Waals surface area contributed by atoms with Crippen molar-refractivity contribution >= 4 is 34.7 Å². The topological polar surface area (TPSA) is 72.5 Å². The molecule has 0 fully saturated rings. The third-order valence-electron chi connectivity index (χ3n) is 4.13. The normalized spacial score (nSPS) is 10.4. The van der Waals surface area contributed by atoms with Crippen molar-refractivity contribution < 1.29 is 19.1 Å². The molecule has 1 aromatic heterocycles. The number of para-hydroxylation sites is 1. The van der Waals surface area contributed by atoms with E-state index in [1.165, 1.54) is 18.3 Å². The molecule has 0 saturated carbocycles. The summed E-state index contributed by atoms with van der Waals surface area (Å²) in [6, 6.07) is 16.4. The highest BCUT2D eigenvalue weighted by Crippen LogP contribution is 2.29. The number of ketones is 1. The molecule has 3 aromatic rings. The summed E-state index contributed by atoms with van der Waals surface area (Å²) in [6.45, 7) is 2.99. The summed E-state index contributed by atoms with van der Waals surface area (Å²) in [6.07, 6.45) is 0. The molecule has 0 atom stereocenters. The molecule has 0 aliphatic heterocycles. The van der Waals surface area contributed by atoms with Crippen LogP contribution in [0.5, 0.6) is 0 Å². The highest BCUT2D eigenvalue weighted by Gasteiger charge is 2.18. The first-order chi connectivity index (χ1) is 13.5. The highest BCUT2D eigenvalue weighted by atomic mass is 32.1. The van der Waals surface area contributed by atoms with Crippen molar-refractivity contribution in [1.82, 2.24) is 0 Å². The zero-order valence-electron chi connectivity index (χ0n) is 15.5. The number of thiophene rings is 1. The number of carbonyl (C=O) groups is 3. The third kappa shape index (κ3) is 4.53. The SMILES string of the molecule is CC(=O)c1ccccc1NC(=O)COC(=O)c1sccc1-c1ccc(C)cc1. The number of amides is 1. The second kappa shape index (κ2) is 8.63. The number of Topliss-reactive ketones (excluding diaryl/α,β-unsaturated/α-hetero) is 1. The van der Waals surface area contributed by atoms with E-state index < -0.39 is 18.5 Å². The Labute approximate surface area is 167 Å². The average Bonchev–Trinajstić information content (AvgIpc) is 3.17. The minimum Gasteiger partial charge on any atom is -0.451 e. The van der Waals surface area contributed by atoms with Crippen molar-refractivity contribution in [3.8, 4) is 11.1 Å². The summed E-state index contributed by atoms with van der Waals surface area (Å²) in [5.74, 6) is -1.22. The molecule has 0 aliphatic rings. The summed E-state index contributed by atoms with van der Waals surface area (Å²) in [4.78, 5) is 36.7. The average molecular weight is 393 g/mol. The van der Waals surface area contributed by atoms with E-state index in [0.29, 0.717) is 16.1 Å². The van der Waals surface area contributed by atoms with Gasteiger partial charge in [-0.15, -0.1) is 11.3 Å². The van der Waals surface area contributed by atoms with E-state index in [1.807, 2.05) is 42.6 Å². The lowest BCUT2D eigenvalue weighted by Crippen LogP contribution is -2.21. The van der Waals surface area contributed by atoms with E-state index in [9.17, 15) is 14.4 Å². The minimum absolute atomic E-state index is 0.158. The number of benzene rings is 2. The number of hydrogen-bond acceptors (Lipinski definition) is 5. The Hall–Kier alpha value is -3.25. The lowest BCUT2D eigenvalue weighted by Gasteiger charge is -2.10. The lowest BCUT2D eigenvalue weighted by molar-refractivity contribution is -0.119. The van der Waals surface area contributed by atoms with Crippen LogP contribution in [0.2, 0.25) is 0 Å². The van der Waals surface area contributed by atoms with Gasteiger partial charge in [0.25, 0.3) is 5.91 Å². The van der Waals surface area contributed by atoms with Crippen LogP contribution >= 0.6 is 11.3 Å². The first kappa shape index (κ1) is 19.5. The van der Waals surface area contributed by atoms with Crippen LogP contribution in [0.1, 0.15) is 32.5 Å². The molecule has 0 radical (unpaired) electrons. The number of esters is 1. The summed E-state index contributed by atoms with van der Waals surface area (Å²) < 4.78 is 5.18. The van der Waals surface area contributed by atoms with Gasteiger partial charge in [-0.1, -0.05) is 42.0 Å².